The third kappa shape index (κ3) is 3.85. The molecular formula is C18H25N5O2S. The van der Waals surface area contributed by atoms with Crippen LogP contribution in [0.3, 0.4) is 0 Å². The van der Waals surface area contributed by atoms with E-state index in [1.165, 1.54) is 18.2 Å². The Labute approximate surface area is 158 Å². The summed E-state index contributed by atoms with van der Waals surface area (Å²) in [4.78, 5) is 15.0. The summed E-state index contributed by atoms with van der Waals surface area (Å²) in [6.45, 7) is 4.92. The van der Waals surface area contributed by atoms with Crippen molar-refractivity contribution in [1.29, 1.82) is 0 Å². The maximum absolute atomic E-state index is 13.0. The van der Waals surface area contributed by atoms with Gasteiger partial charge in [0.05, 0.1) is 12.4 Å². The van der Waals surface area contributed by atoms with Crippen molar-refractivity contribution >= 4 is 17.7 Å². The number of hydrogen-bond acceptors (Lipinski definition) is 6. The van der Waals surface area contributed by atoms with E-state index in [2.05, 4.69) is 22.4 Å². The highest BCUT2D eigenvalue weighted by atomic mass is 32.2. The number of thioether (sulfide) groups is 1. The quantitative estimate of drug-likeness (QED) is 0.723. The first kappa shape index (κ1) is 18.7. The molecule has 2 aromatic rings. The maximum atomic E-state index is 13.0. The van der Waals surface area contributed by atoms with E-state index in [-0.39, 0.29) is 11.2 Å². The normalized spacial score (nSPS) is 18.6. The number of methoxy groups -OCH3 is 1. The number of likely N-dealkylation sites (tertiary alicyclic amines) is 1. The first-order chi connectivity index (χ1) is 12.7. The van der Waals surface area contributed by atoms with E-state index in [9.17, 15) is 4.79 Å². The van der Waals surface area contributed by atoms with E-state index in [0.29, 0.717) is 16.9 Å². The van der Waals surface area contributed by atoms with Crippen LogP contribution in [0.4, 0.5) is 0 Å². The number of amides is 1. The van der Waals surface area contributed by atoms with Gasteiger partial charge >= 0.3 is 0 Å². The summed E-state index contributed by atoms with van der Waals surface area (Å²) >= 11 is 1.39. The fraction of sp³-hybridized carbons (Fsp3) is 0.556. The van der Waals surface area contributed by atoms with Crippen molar-refractivity contribution < 1.29 is 9.53 Å². The highest BCUT2D eigenvalue weighted by Crippen LogP contribution is 2.30. The molecule has 0 aliphatic carbocycles. The Morgan fingerprint density at radius 3 is 2.96 bits per heavy atom. The van der Waals surface area contributed by atoms with Gasteiger partial charge in [0.1, 0.15) is 11.4 Å². The lowest BCUT2D eigenvalue weighted by Crippen LogP contribution is -2.46. The van der Waals surface area contributed by atoms with E-state index < -0.39 is 0 Å². The smallest absolute Gasteiger partial charge is 0.236 e. The Morgan fingerprint density at radius 1 is 1.38 bits per heavy atom. The zero-order valence-corrected chi connectivity index (χ0v) is 16.3. The number of aromatic nitrogens is 4. The Kier molecular flexibility index (Phi) is 6.13. The molecule has 7 nitrogen and oxygen atoms in total. The van der Waals surface area contributed by atoms with Gasteiger partial charge in [-0.1, -0.05) is 30.8 Å². The van der Waals surface area contributed by atoms with Gasteiger partial charge < -0.3 is 9.64 Å². The monoisotopic (exact) mass is 375 g/mol. The van der Waals surface area contributed by atoms with Crippen LogP contribution < -0.4 is 4.74 Å². The molecule has 1 aliphatic rings. The molecule has 1 aromatic heterocycles. The highest BCUT2D eigenvalue weighted by Gasteiger charge is 2.30. The number of ether oxygens (including phenoxy) is 1. The predicted molar refractivity (Wildman–Crippen MR) is 101 cm³/mol. The predicted octanol–water partition coefficient (Wildman–Crippen LogP) is 2.94. The topological polar surface area (TPSA) is 73.1 Å². The van der Waals surface area contributed by atoms with Crippen molar-refractivity contribution in [2.24, 2.45) is 0 Å². The molecule has 1 fully saturated rings. The minimum absolute atomic E-state index is 0.163. The van der Waals surface area contributed by atoms with Crippen molar-refractivity contribution in [3.8, 4) is 11.4 Å². The van der Waals surface area contributed by atoms with Crippen molar-refractivity contribution in [2.45, 2.75) is 56.0 Å². The average Bonchev–Trinajstić information content (AvgIpc) is 3.15. The largest absolute Gasteiger partial charge is 0.494 e. The van der Waals surface area contributed by atoms with E-state index in [0.717, 1.165) is 31.5 Å². The van der Waals surface area contributed by atoms with Crippen LogP contribution in [-0.2, 0) is 4.79 Å². The van der Waals surface area contributed by atoms with Crippen molar-refractivity contribution in [2.75, 3.05) is 13.7 Å². The van der Waals surface area contributed by atoms with Crippen LogP contribution in [0.1, 0.15) is 39.5 Å². The third-order valence-electron chi connectivity index (χ3n) is 4.77. The Bertz CT molecular complexity index is 751. The molecule has 1 aromatic carbocycles. The number of nitrogens with zero attached hydrogens (tertiary/aromatic N) is 5. The highest BCUT2D eigenvalue weighted by molar-refractivity contribution is 8.00. The van der Waals surface area contributed by atoms with Crippen molar-refractivity contribution in [3.63, 3.8) is 0 Å². The first-order valence-corrected chi connectivity index (χ1v) is 9.92. The van der Waals surface area contributed by atoms with Gasteiger partial charge in [0.25, 0.3) is 0 Å². The zero-order valence-electron chi connectivity index (χ0n) is 15.5. The lowest BCUT2D eigenvalue weighted by Gasteiger charge is -2.36. The molecule has 2 heterocycles. The SMILES string of the molecule is CCC1CCCCN1C(=O)C(C)Sc1nnnn1-c1ccccc1OC. The van der Waals surface area contributed by atoms with Crippen LogP contribution in [-0.4, -0.2) is 56.0 Å². The summed E-state index contributed by atoms with van der Waals surface area (Å²) in [6, 6.07) is 7.91. The molecular weight excluding hydrogens is 350 g/mol. The van der Waals surface area contributed by atoms with Gasteiger partial charge in [0, 0.05) is 12.6 Å². The second-order valence-corrected chi connectivity index (χ2v) is 7.70. The average molecular weight is 375 g/mol. The third-order valence-corrected chi connectivity index (χ3v) is 5.79. The van der Waals surface area contributed by atoms with Crippen LogP contribution in [0.15, 0.2) is 29.4 Å². The Balaban J connectivity index is 1.77. The zero-order chi connectivity index (χ0) is 18.5. The minimum atomic E-state index is -0.249. The summed E-state index contributed by atoms with van der Waals surface area (Å²) in [5.74, 6) is 0.846. The second-order valence-electron chi connectivity index (χ2n) is 6.39. The summed E-state index contributed by atoms with van der Waals surface area (Å²) in [7, 11) is 1.61. The standard InChI is InChI=1S/C18H25N5O2S/c1-4-14-9-7-8-12-22(14)17(24)13(2)26-18-19-20-21-23(18)15-10-5-6-11-16(15)25-3/h5-6,10-11,13-14H,4,7-9,12H2,1-3H3. The number of carbonyl (C=O) groups excluding carboxylic acids is 1. The van der Waals surface area contributed by atoms with Crippen LogP contribution in [0.5, 0.6) is 5.75 Å². The summed E-state index contributed by atoms with van der Waals surface area (Å²) < 4.78 is 7.03. The molecule has 140 valence electrons. The Morgan fingerprint density at radius 2 is 2.19 bits per heavy atom. The molecule has 26 heavy (non-hydrogen) atoms. The van der Waals surface area contributed by atoms with Gasteiger partial charge in [-0.2, -0.15) is 4.68 Å². The molecule has 2 unspecified atom stereocenters. The number of benzene rings is 1. The molecule has 0 saturated carbocycles. The van der Waals surface area contributed by atoms with Crippen LogP contribution in [0.2, 0.25) is 0 Å². The summed E-state index contributed by atoms with van der Waals surface area (Å²) in [5.41, 5.74) is 0.756. The number of hydrogen-bond donors (Lipinski definition) is 0. The number of piperidine rings is 1. The van der Waals surface area contributed by atoms with Gasteiger partial charge in [-0.25, -0.2) is 0 Å². The van der Waals surface area contributed by atoms with Crippen LogP contribution >= 0.6 is 11.8 Å². The lowest BCUT2D eigenvalue weighted by atomic mass is 10.00. The molecule has 1 amide bonds. The molecule has 0 spiro atoms. The molecule has 1 aliphatic heterocycles. The maximum Gasteiger partial charge on any atom is 0.236 e. The fourth-order valence-corrected chi connectivity index (χ4v) is 4.24. The lowest BCUT2D eigenvalue weighted by molar-refractivity contribution is -0.134. The molecule has 0 N–H and O–H groups in total. The molecule has 0 bridgehead atoms. The molecule has 3 rings (SSSR count). The summed E-state index contributed by atoms with van der Waals surface area (Å²) in [6.07, 6.45) is 4.38. The van der Waals surface area contributed by atoms with Crippen LogP contribution in [0, 0.1) is 0 Å². The Hall–Kier alpha value is -2.09. The van der Waals surface area contributed by atoms with Gasteiger partial charge in [0.2, 0.25) is 11.1 Å². The molecule has 8 heteroatoms. The van der Waals surface area contributed by atoms with E-state index in [1.807, 2.05) is 36.1 Å². The van der Waals surface area contributed by atoms with Gasteiger partial charge in [-0.15, -0.1) is 5.10 Å². The molecule has 0 radical (unpaired) electrons. The molecule has 2 atom stereocenters. The minimum Gasteiger partial charge on any atom is -0.494 e. The van der Waals surface area contributed by atoms with E-state index >= 15 is 0 Å². The van der Waals surface area contributed by atoms with Gasteiger partial charge in [-0.3, -0.25) is 4.79 Å². The van der Waals surface area contributed by atoms with E-state index in [4.69, 9.17) is 4.74 Å². The molecule has 1 saturated heterocycles. The van der Waals surface area contributed by atoms with Gasteiger partial charge in [0.15, 0.2) is 0 Å². The number of carbonyl (C=O) groups is 1. The van der Waals surface area contributed by atoms with Crippen LogP contribution in [0.25, 0.3) is 5.69 Å². The first-order valence-electron chi connectivity index (χ1n) is 9.04. The fourth-order valence-electron chi connectivity index (χ4n) is 3.37. The van der Waals surface area contributed by atoms with Gasteiger partial charge in [-0.05, 0) is 55.2 Å². The van der Waals surface area contributed by atoms with Crippen molar-refractivity contribution in [3.05, 3.63) is 24.3 Å². The van der Waals surface area contributed by atoms with Crippen molar-refractivity contribution in [1.82, 2.24) is 25.1 Å². The van der Waals surface area contributed by atoms with E-state index in [1.54, 1.807) is 11.8 Å². The summed E-state index contributed by atoms with van der Waals surface area (Å²) in [5, 5.41) is 12.3. The number of para-hydroxylation sites is 2. The second kappa shape index (κ2) is 8.53. The number of tetrazole rings is 1. The number of rotatable bonds is 6.